The number of carbonyl (C=O) groups excluding carboxylic acids is 1. The first kappa shape index (κ1) is 13.7. The standard InChI is InChI=1S/C17H19NO3/c19-15-9-12-5-1-2-6-13(12)10-16(15)21-11-17(20)18-14-7-3-4-8-14/h1-2,5-6,9-10,14,19H,3-4,7-8,11H2,(H,18,20). The van der Waals surface area contributed by atoms with Gasteiger partial charge in [0, 0.05) is 6.04 Å². The average Bonchev–Trinajstić information content (AvgIpc) is 2.98. The highest BCUT2D eigenvalue weighted by Gasteiger charge is 2.17. The minimum absolute atomic E-state index is 0.0577. The zero-order valence-electron chi connectivity index (χ0n) is 11.8. The van der Waals surface area contributed by atoms with Gasteiger partial charge in [-0.3, -0.25) is 4.79 Å². The predicted octanol–water partition coefficient (Wildman–Crippen LogP) is 2.98. The molecule has 0 aliphatic heterocycles. The van der Waals surface area contributed by atoms with Crippen LogP contribution in [-0.2, 0) is 4.79 Å². The summed E-state index contributed by atoms with van der Waals surface area (Å²) in [6, 6.07) is 11.4. The van der Waals surface area contributed by atoms with Crippen LogP contribution in [0.4, 0.5) is 0 Å². The maximum Gasteiger partial charge on any atom is 0.258 e. The van der Waals surface area contributed by atoms with Crippen LogP contribution >= 0.6 is 0 Å². The summed E-state index contributed by atoms with van der Waals surface area (Å²) in [5, 5.41) is 14.8. The molecule has 2 aromatic carbocycles. The fourth-order valence-electron chi connectivity index (χ4n) is 2.81. The molecule has 3 rings (SSSR count). The predicted molar refractivity (Wildman–Crippen MR) is 81.5 cm³/mol. The van der Waals surface area contributed by atoms with Gasteiger partial charge in [-0.15, -0.1) is 0 Å². The second kappa shape index (κ2) is 6.04. The Hall–Kier alpha value is -2.23. The molecule has 1 aliphatic carbocycles. The van der Waals surface area contributed by atoms with Crippen LogP contribution in [0.5, 0.6) is 11.5 Å². The summed E-state index contributed by atoms with van der Waals surface area (Å²) >= 11 is 0. The number of benzene rings is 2. The van der Waals surface area contributed by atoms with Crippen LogP contribution in [0.1, 0.15) is 25.7 Å². The van der Waals surface area contributed by atoms with Crippen molar-refractivity contribution in [2.75, 3.05) is 6.61 Å². The van der Waals surface area contributed by atoms with Crippen LogP contribution < -0.4 is 10.1 Å². The zero-order valence-corrected chi connectivity index (χ0v) is 11.8. The lowest BCUT2D eigenvalue weighted by Gasteiger charge is -2.13. The summed E-state index contributed by atoms with van der Waals surface area (Å²) < 4.78 is 5.45. The summed E-state index contributed by atoms with van der Waals surface area (Å²) in [6.45, 7) is -0.0671. The molecule has 21 heavy (non-hydrogen) atoms. The summed E-state index contributed by atoms with van der Waals surface area (Å²) in [7, 11) is 0. The smallest absolute Gasteiger partial charge is 0.258 e. The van der Waals surface area contributed by atoms with E-state index in [1.54, 1.807) is 12.1 Å². The van der Waals surface area contributed by atoms with E-state index in [4.69, 9.17) is 4.74 Å². The number of phenols is 1. The summed E-state index contributed by atoms with van der Waals surface area (Å²) in [6.07, 6.45) is 4.45. The number of rotatable bonds is 4. The summed E-state index contributed by atoms with van der Waals surface area (Å²) in [5.74, 6) is 0.270. The molecule has 1 amide bonds. The number of carbonyl (C=O) groups is 1. The van der Waals surface area contributed by atoms with Gasteiger partial charge in [-0.25, -0.2) is 0 Å². The van der Waals surface area contributed by atoms with E-state index in [1.165, 1.54) is 12.8 Å². The molecule has 1 saturated carbocycles. The molecule has 2 N–H and O–H groups in total. The molecule has 0 spiro atoms. The monoisotopic (exact) mass is 285 g/mol. The number of aromatic hydroxyl groups is 1. The Morgan fingerprint density at radius 1 is 1.19 bits per heavy atom. The van der Waals surface area contributed by atoms with Crippen LogP contribution in [0.25, 0.3) is 10.8 Å². The first-order chi connectivity index (χ1) is 10.2. The molecule has 110 valence electrons. The van der Waals surface area contributed by atoms with E-state index in [0.717, 1.165) is 23.6 Å². The van der Waals surface area contributed by atoms with Crippen molar-refractivity contribution in [3.8, 4) is 11.5 Å². The van der Waals surface area contributed by atoms with E-state index in [-0.39, 0.29) is 24.3 Å². The zero-order chi connectivity index (χ0) is 14.7. The van der Waals surface area contributed by atoms with E-state index < -0.39 is 0 Å². The SMILES string of the molecule is O=C(COc1cc2ccccc2cc1O)NC1CCCC1. The van der Waals surface area contributed by atoms with Gasteiger partial charge >= 0.3 is 0 Å². The van der Waals surface area contributed by atoms with Crippen molar-refractivity contribution in [3.05, 3.63) is 36.4 Å². The number of hydrogen-bond acceptors (Lipinski definition) is 3. The first-order valence-electron chi connectivity index (χ1n) is 7.36. The van der Waals surface area contributed by atoms with Crippen LogP contribution in [0.15, 0.2) is 36.4 Å². The Morgan fingerprint density at radius 3 is 2.57 bits per heavy atom. The Labute approximate surface area is 123 Å². The number of nitrogens with one attached hydrogen (secondary N) is 1. The topological polar surface area (TPSA) is 58.6 Å². The van der Waals surface area contributed by atoms with E-state index >= 15 is 0 Å². The Balaban J connectivity index is 1.64. The quantitative estimate of drug-likeness (QED) is 0.908. The molecule has 0 atom stereocenters. The van der Waals surface area contributed by atoms with Crippen molar-refractivity contribution in [2.45, 2.75) is 31.7 Å². The van der Waals surface area contributed by atoms with Gasteiger partial charge in [0.25, 0.3) is 5.91 Å². The molecule has 0 bridgehead atoms. The average molecular weight is 285 g/mol. The van der Waals surface area contributed by atoms with Crippen LogP contribution in [-0.4, -0.2) is 23.7 Å². The third-order valence-electron chi connectivity index (χ3n) is 3.91. The number of hydrogen-bond donors (Lipinski definition) is 2. The minimum atomic E-state index is -0.130. The van der Waals surface area contributed by atoms with Gasteiger partial charge < -0.3 is 15.2 Å². The molecule has 0 aromatic heterocycles. The van der Waals surface area contributed by atoms with E-state index in [1.807, 2.05) is 24.3 Å². The molecule has 0 unspecified atom stereocenters. The van der Waals surface area contributed by atoms with Crippen molar-refractivity contribution in [1.82, 2.24) is 5.32 Å². The van der Waals surface area contributed by atoms with Gasteiger partial charge in [0.05, 0.1) is 0 Å². The molecular weight excluding hydrogens is 266 g/mol. The molecule has 1 fully saturated rings. The third-order valence-corrected chi connectivity index (χ3v) is 3.91. The van der Waals surface area contributed by atoms with Gasteiger partial charge in [0.1, 0.15) is 0 Å². The largest absolute Gasteiger partial charge is 0.504 e. The fraction of sp³-hybridized carbons (Fsp3) is 0.353. The Kier molecular flexibility index (Phi) is 3.95. The number of fused-ring (bicyclic) bond motifs is 1. The van der Waals surface area contributed by atoms with Gasteiger partial charge in [-0.1, -0.05) is 37.1 Å². The number of amides is 1. The highest BCUT2D eigenvalue weighted by atomic mass is 16.5. The van der Waals surface area contributed by atoms with Crippen molar-refractivity contribution >= 4 is 16.7 Å². The molecular formula is C17H19NO3. The van der Waals surface area contributed by atoms with Crippen molar-refractivity contribution in [3.63, 3.8) is 0 Å². The Morgan fingerprint density at radius 2 is 1.86 bits per heavy atom. The lowest BCUT2D eigenvalue weighted by atomic mass is 10.1. The second-order valence-electron chi connectivity index (χ2n) is 5.50. The van der Waals surface area contributed by atoms with Crippen molar-refractivity contribution in [2.24, 2.45) is 0 Å². The lowest BCUT2D eigenvalue weighted by molar-refractivity contribution is -0.123. The van der Waals surface area contributed by atoms with Gasteiger partial charge in [-0.05, 0) is 35.7 Å². The van der Waals surface area contributed by atoms with Gasteiger partial charge in [0.2, 0.25) is 0 Å². The van der Waals surface area contributed by atoms with Crippen molar-refractivity contribution in [1.29, 1.82) is 0 Å². The number of ether oxygens (including phenoxy) is 1. The molecule has 1 aliphatic rings. The van der Waals surface area contributed by atoms with E-state index in [0.29, 0.717) is 5.75 Å². The maximum atomic E-state index is 11.8. The minimum Gasteiger partial charge on any atom is -0.504 e. The maximum absolute atomic E-state index is 11.8. The van der Waals surface area contributed by atoms with E-state index in [9.17, 15) is 9.90 Å². The molecule has 0 saturated heterocycles. The number of phenolic OH excluding ortho intramolecular Hbond substituents is 1. The highest BCUT2D eigenvalue weighted by Crippen LogP contribution is 2.31. The molecule has 2 aromatic rings. The normalized spacial score (nSPS) is 15.2. The molecule has 0 radical (unpaired) electrons. The molecule has 4 heteroatoms. The first-order valence-corrected chi connectivity index (χ1v) is 7.36. The lowest BCUT2D eigenvalue weighted by Crippen LogP contribution is -2.36. The third kappa shape index (κ3) is 3.27. The summed E-state index contributed by atoms with van der Waals surface area (Å²) in [5.41, 5.74) is 0. The van der Waals surface area contributed by atoms with Crippen LogP contribution in [0.2, 0.25) is 0 Å². The van der Waals surface area contributed by atoms with Gasteiger partial charge in [-0.2, -0.15) is 0 Å². The fourth-order valence-corrected chi connectivity index (χ4v) is 2.81. The second-order valence-corrected chi connectivity index (χ2v) is 5.50. The van der Waals surface area contributed by atoms with E-state index in [2.05, 4.69) is 5.32 Å². The van der Waals surface area contributed by atoms with Crippen LogP contribution in [0.3, 0.4) is 0 Å². The Bertz CT molecular complexity index is 648. The summed E-state index contributed by atoms with van der Waals surface area (Å²) in [4.78, 5) is 11.8. The van der Waals surface area contributed by atoms with Crippen molar-refractivity contribution < 1.29 is 14.6 Å². The van der Waals surface area contributed by atoms with Gasteiger partial charge in [0.15, 0.2) is 18.1 Å². The highest BCUT2D eigenvalue weighted by molar-refractivity contribution is 5.86. The molecule has 0 heterocycles. The molecule has 4 nitrogen and oxygen atoms in total. The van der Waals surface area contributed by atoms with Crippen LogP contribution in [0, 0.1) is 0 Å².